The first-order valence-electron chi connectivity index (χ1n) is 8.29. The predicted molar refractivity (Wildman–Crippen MR) is 96.6 cm³/mol. The summed E-state index contributed by atoms with van der Waals surface area (Å²) in [6.45, 7) is 0.235. The SMILES string of the molecule is O=C(CN1C(=O)NC2(CCCC2)C1=O)NCCSc1ccc(Cl)cc1. The molecule has 1 aromatic rings. The molecule has 1 aromatic carbocycles. The summed E-state index contributed by atoms with van der Waals surface area (Å²) in [4.78, 5) is 38.6. The molecule has 2 aliphatic rings. The summed E-state index contributed by atoms with van der Waals surface area (Å²) >= 11 is 7.43. The molecule has 1 aliphatic heterocycles. The van der Waals surface area contributed by atoms with Crippen LogP contribution in [0.1, 0.15) is 25.7 Å². The van der Waals surface area contributed by atoms with Crippen LogP contribution >= 0.6 is 23.4 Å². The second-order valence-electron chi connectivity index (χ2n) is 6.26. The topological polar surface area (TPSA) is 78.5 Å². The van der Waals surface area contributed by atoms with Crippen LogP contribution in [-0.4, -0.2) is 47.1 Å². The van der Waals surface area contributed by atoms with Gasteiger partial charge in [-0.1, -0.05) is 24.4 Å². The van der Waals surface area contributed by atoms with Crippen molar-refractivity contribution in [2.75, 3.05) is 18.8 Å². The Labute approximate surface area is 155 Å². The van der Waals surface area contributed by atoms with Crippen LogP contribution in [0.5, 0.6) is 0 Å². The van der Waals surface area contributed by atoms with E-state index in [0.29, 0.717) is 30.2 Å². The van der Waals surface area contributed by atoms with E-state index < -0.39 is 11.6 Å². The highest BCUT2D eigenvalue weighted by molar-refractivity contribution is 7.99. The summed E-state index contributed by atoms with van der Waals surface area (Å²) in [5.41, 5.74) is -0.762. The highest BCUT2D eigenvalue weighted by Crippen LogP contribution is 2.34. The molecule has 0 atom stereocenters. The molecule has 0 bridgehead atoms. The van der Waals surface area contributed by atoms with Crippen LogP contribution < -0.4 is 10.6 Å². The summed E-state index contributed by atoms with van der Waals surface area (Å²) in [6.07, 6.45) is 3.17. The number of amides is 4. The lowest BCUT2D eigenvalue weighted by Gasteiger charge is -2.19. The van der Waals surface area contributed by atoms with Crippen LogP contribution in [0.2, 0.25) is 5.02 Å². The van der Waals surface area contributed by atoms with Gasteiger partial charge in [0.1, 0.15) is 12.1 Å². The number of imide groups is 1. The number of carbonyl (C=O) groups excluding carboxylic acids is 3. The van der Waals surface area contributed by atoms with Gasteiger partial charge in [0, 0.05) is 22.2 Å². The van der Waals surface area contributed by atoms with Crippen LogP contribution in [0.4, 0.5) is 4.79 Å². The van der Waals surface area contributed by atoms with Gasteiger partial charge in [0.15, 0.2) is 0 Å². The molecule has 6 nitrogen and oxygen atoms in total. The van der Waals surface area contributed by atoms with E-state index in [0.717, 1.165) is 22.6 Å². The molecule has 1 spiro atoms. The molecule has 1 saturated heterocycles. The Morgan fingerprint density at radius 1 is 1.24 bits per heavy atom. The molecular formula is C17H20ClN3O3S. The number of thioether (sulfide) groups is 1. The molecule has 134 valence electrons. The Bertz CT molecular complexity index is 674. The third-order valence-electron chi connectivity index (χ3n) is 4.51. The van der Waals surface area contributed by atoms with E-state index in [4.69, 9.17) is 11.6 Å². The number of urea groups is 1. The van der Waals surface area contributed by atoms with Crippen LogP contribution in [0, 0.1) is 0 Å². The molecule has 25 heavy (non-hydrogen) atoms. The van der Waals surface area contributed by atoms with Crippen LogP contribution in [-0.2, 0) is 9.59 Å². The molecule has 1 aliphatic carbocycles. The molecule has 2 fully saturated rings. The van der Waals surface area contributed by atoms with Crippen LogP contribution in [0.25, 0.3) is 0 Å². The quantitative estimate of drug-likeness (QED) is 0.450. The Balaban J connectivity index is 1.42. The summed E-state index contributed by atoms with van der Waals surface area (Å²) in [7, 11) is 0. The third-order valence-corrected chi connectivity index (χ3v) is 5.78. The van der Waals surface area contributed by atoms with Gasteiger partial charge in [-0.25, -0.2) is 4.79 Å². The lowest BCUT2D eigenvalue weighted by molar-refractivity contribution is -0.134. The minimum atomic E-state index is -0.762. The number of benzene rings is 1. The molecule has 8 heteroatoms. The molecule has 0 radical (unpaired) electrons. The normalized spacial score (nSPS) is 18.7. The van der Waals surface area contributed by atoms with Gasteiger partial charge in [-0.15, -0.1) is 11.8 Å². The highest BCUT2D eigenvalue weighted by Gasteiger charge is 2.52. The maximum Gasteiger partial charge on any atom is 0.325 e. The molecule has 4 amide bonds. The fourth-order valence-corrected chi connectivity index (χ4v) is 4.12. The first-order chi connectivity index (χ1) is 12.0. The van der Waals surface area contributed by atoms with Crippen molar-refractivity contribution >= 4 is 41.2 Å². The maximum atomic E-state index is 12.5. The Kier molecular flexibility index (Phi) is 5.54. The largest absolute Gasteiger partial charge is 0.354 e. The number of hydrogen-bond donors (Lipinski definition) is 2. The molecule has 1 heterocycles. The lowest BCUT2D eigenvalue weighted by Crippen LogP contribution is -2.45. The summed E-state index contributed by atoms with van der Waals surface area (Å²) in [5, 5.41) is 6.21. The van der Waals surface area contributed by atoms with E-state index in [9.17, 15) is 14.4 Å². The molecule has 0 unspecified atom stereocenters. The Morgan fingerprint density at radius 2 is 1.92 bits per heavy atom. The van der Waals surface area contributed by atoms with Crippen molar-refractivity contribution in [3.05, 3.63) is 29.3 Å². The monoisotopic (exact) mass is 381 g/mol. The van der Waals surface area contributed by atoms with Gasteiger partial charge in [-0.3, -0.25) is 14.5 Å². The van der Waals surface area contributed by atoms with Crippen molar-refractivity contribution < 1.29 is 14.4 Å². The molecule has 0 aromatic heterocycles. The molecule has 1 saturated carbocycles. The van der Waals surface area contributed by atoms with E-state index in [1.807, 2.05) is 24.3 Å². The highest BCUT2D eigenvalue weighted by atomic mass is 35.5. The number of nitrogens with one attached hydrogen (secondary N) is 2. The van der Waals surface area contributed by atoms with E-state index in [1.165, 1.54) is 0 Å². The summed E-state index contributed by atoms with van der Waals surface area (Å²) in [5.74, 6) is 0.105. The van der Waals surface area contributed by atoms with Gasteiger partial charge in [-0.05, 0) is 37.1 Å². The lowest BCUT2D eigenvalue weighted by atomic mass is 9.98. The molecule has 3 rings (SSSR count). The first-order valence-corrected chi connectivity index (χ1v) is 9.66. The average molecular weight is 382 g/mol. The fourth-order valence-electron chi connectivity index (χ4n) is 3.23. The predicted octanol–water partition coefficient (Wildman–Crippen LogP) is 2.41. The zero-order chi connectivity index (χ0) is 17.9. The van der Waals surface area contributed by atoms with E-state index in [1.54, 1.807) is 11.8 Å². The second-order valence-corrected chi connectivity index (χ2v) is 7.87. The zero-order valence-corrected chi connectivity index (χ0v) is 15.3. The maximum absolute atomic E-state index is 12.5. The van der Waals surface area contributed by atoms with Crippen molar-refractivity contribution in [3.8, 4) is 0 Å². The number of halogens is 1. The fraction of sp³-hybridized carbons (Fsp3) is 0.471. The molecular weight excluding hydrogens is 362 g/mol. The van der Waals surface area contributed by atoms with Gasteiger partial charge < -0.3 is 10.6 Å². The number of carbonyl (C=O) groups is 3. The number of rotatable bonds is 6. The van der Waals surface area contributed by atoms with Gasteiger partial charge in [0.25, 0.3) is 5.91 Å². The summed E-state index contributed by atoms with van der Waals surface area (Å²) in [6, 6.07) is 7.02. The van der Waals surface area contributed by atoms with Crippen LogP contribution in [0.15, 0.2) is 29.2 Å². The number of nitrogens with zero attached hydrogens (tertiary/aromatic N) is 1. The van der Waals surface area contributed by atoms with Crippen molar-refractivity contribution in [1.29, 1.82) is 0 Å². The van der Waals surface area contributed by atoms with E-state index >= 15 is 0 Å². The zero-order valence-electron chi connectivity index (χ0n) is 13.7. The van der Waals surface area contributed by atoms with Crippen LogP contribution in [0.3, 0.4) is 0 Å². The summed E-state index contributed by atoms with van der Waals surface area (Å²) < 4.78 is 0. The van der Waals surface area contributed by atoms with Crippen molar-refractivity contribution in [2.24, 2.45) is 0 Å². The van der Waals surface area contributed by atoms with Gasteiger partial charge in [0.05, 0.1) is 0 Å². The van der Waals surface area contributed by atoms with Crippen molar-refractivity contribution in [3.63, 3.8) is 0 Å². The molecule has 2 N–H and O–H groups in total. The smallest absolute Gasteiger partial charge is 0.325 e. The van der Waals surface area contributed by atoms with Gasteiger partial charge in [0.2, 0.25) is 5.91 Å². The second kappa shape index (κ2) is 7.66. The van der Waals surface area contributed by atoms with E-state index in [-0.39, 0.29) is 18.4 Å². The third kappa shape index (κ3) is 4.10. The minimum absolute atomic E-state index is 0.224. The van der Waals surface area contributed by atoms with Crippen molar-refractivity contribution in [2.45, 2.75) is 36.1 Å². The Hall–Kier alpha value is -1.73. The first kappa shape index (κ1) is 18.1. The Morgan fingerprint density at radius 3 is 2.60 bits per heavy atom. The van der Waals surface area contributed by atoms with E-state index in [2.05, 4.69) is 10.6 Å². The van der Waals surface area contributed by atoms with Gasteiger partial charge in [-0.2, -0.15) is 0 Å². The standard InChI is InChI=1S/C17H20ClN3O3S/c18-12-3-5-13(6-4-12)25-10-9-19-14(22)11-21-15(23)17(20-16(21)24)7-1-2-8-17/h3-6H,1-2,7-11H2,(H,19,22)(H,20,24). The number of hydrogen-bond acceptors (Lipinski definition) is 4. The minimum Gasteiger partial charge on any atom is -0.354 e. The van der Waals surface area contributed by atoms with Crippen molar-refractivity contribution in [1.82, 2.24) is 15.5 Å². The van der Waals surface area contributed by atoms with Gasteiger partial charge >= 0.3 is 6.03 Å². The average Bonchev–Trinajstić information content (AvgIpc) is 3.14.